The second kappa shape index (κ2) is 6.61. The second-order valence-electron chi connectivity index (χ2n) is 4.66. The van der Waals surface area contributed by atoms with Crippen LogP contribution in [0.15, 0.2) is 41.1 Å². The Kier molecular flexibility index (Phi) is 4.84. The molecule has 0 unspecified atom stereocenters. The molecule has 0 spiro atoms. The van der Waals surface area contributed by atoms with E-state index in [0.29, 0.717) is 0 Å². The molecule has 0 aliphatic carbocycles. The summed E-state index contributed by atoms with van der Waals surface area (Å²) in [5.74, 6) is 2.53. The minimum absolute atomic E-state index is 0.809. The number of methoxy groups -OCH3 is 1. The number of para-hydroxylation sites is 1. The van der Waals surface area contributed by atoms with E-state index in [1.54, 1.807) is 18.9 Å². The first-order valence-corrected chi connectivity index (χ1v) is 7.41. The Morgan fingerprint density at radius 3 is 2.75 bits per heavy atom. The Bertz CT molecular complexity index is 615. The van der Waals surface area contributed by atoms with Crippen LogP contribution in [0.1, 0.15) is 13.8 Å². The molecular formula is C15H19N3OS. The van der Waals surface area contributed by atoms with Gasteiger partial charge in [0.05, 0.1) is 12.7 Å². The fourth-order valence-electron chi connectivity index (χ4n) is 1.79. The highest BCUT2D eigenvalue weighted by Gasteiger charge is 2.14. The van der Waals surface area contributed by atoms with Gasteiger partial charge < -0.3 is 9.30 Å². The van der Waals surface area contributed by atoms with Crippen LogP contribution in [0.4, 0.5) is 0 Å². The number of ether oxygens (including phenoxy) is 1. The van der Waals surface area contributed by atoms with Crippen molar-refractivity contribution in [1.29, 1.82) is 0 Å². The molecule has 0 aliphatic rings. The zero-order valence-electron chi connectivity index (χ0n) is 12.3. The molecule has 0 aliphatic heterocycles. The molecule has 5 heteroatoms. The number of allylic oxidation sites excluding steroid dienone is 1. The van der Waals surface area contributed by atoms with Crippen LogP contribution in [0, 0.1) is 0 Å². The van der Waals surface area contributed by atoms with Crippen molar-refractivity contribution >= 4 is 11.8 Å². The smallest absolute Gasteiger partial charge is 0.191 e. The van der Waals surface area contributed by atoms with Crippen LogP contribution >= 0.6 is 11.8 Å². The van der Waals surface area contributed by atoms with Gasteiger partial charge in [0, 0.05) is 12.8 Å². The van der Waals surface area contributed by atoms with Crippen molar-refractivity contribution in [2.24, 2.45) is 7.05 Å². The van der Waals surface area contributed by atoms with E-state index in [2.05, 4.69) is 30.1 Å². The number of thioether (sulfide) groups is 1. The van der Waals surface area contributed by atoms with E-state index in [0.717, 1.165) is 28.0 Å². The molecule has 0 N–H and O–H groups in total. The molecule has 0 amide bonds. The zero-order chi connectivity index (χ0) is 14.5. The summed E-state index contributed by atoms with van der Waals surface area (Å²) in [6, 6.07) is 7.85. The lowest BCUT2D eigenvalue weighted by Crippen LogP contribution is -1.97. The predicted molar refractivity (Wildman–Crippen MR) is 83.1 cm³/mol. The zero-order valence-corrected chi connectivity index (χ0v) is 13.1. The summed E-state index contributed by atoms with van der Waals surface area (Å²) >= 11 is 1.68. The van der Waals surface area contributed by atoms with Crippen molar-refractivity contribution in [1.82, 2.24) is 14.8 Å². The van der Waals surface area contributed by atoms with E-state index < -0.39 is 0 Å². The van der Waals surface area contributed by atoms with E-state index in [1.807, 2.05) is 35.9 Å². The predicted octanol–water partition coefficient (Wildman–Crippen LogP) is 3.55. The SMILES string of the molecule is COc1ccccc1-c1nnc(SCC=C(C)C)n1C. The fourth-order valence-corrected chi connectivity index (χ4v) is 2.73. The van der Waals surface area contributed by atoms with E-state index in [1.165, 1.54) is 5.57 Å². The Morgan fingerprint density at radius 1 is 1.30 bits per heavy atom. The van der Waals surface area contributed by atoms with E-state index >= 15 is 0 Å². The average Bonchev–Trinajstić information content (AvgIpc) is 2.80. The molecule has 1 aromatic heterocycles. The topological polar surface area (TPSA) is 39.9 Å². The third kappa shape index (κ3) is 3.22. The molecule has 1 heterocycles. The minimum Gasteiger partial charge on any atom is -0.496 e. The number of benzene rings is 1. The van der Waals surface area contributed by atoms with Crippen LogP contribution in [-0.4, -0.2) is 27.6 Å². The molecule has 2 rings (SSSR count). The highest BCUT2D eigenvalue weighted by Crippen LogP contribution is 2.29. The molecule has 1 aromatic carbocycles. The van der Waals surface area contributed by atoms with E-state index in [4.69, 9.17) is 4.74 Å². The maximum absolute atomic E-state index is 5.38. The van der Waals surface area contributed by atoms with E-state index in [9.17, 15) is 0 Å². The molecule has 20 heavy (non-hydrogen) atoms. The van der Waals surface area contributed by atoms with Gasteiger partial charge in [0.1, 0.15) is 5.75 Å². The summed E-state index contributed by atoms with van der Waals surface area (Å²) in [6.07, 6.45) is 2.18. The summed E-state index contributed by atoms with van der Waals surface area (Å²) in [5, 5.41) is 9.45. The summed E-state index contributed by atoms with van der Waals surface area (Å²) in [4.78, 5) is 0. The van der Waals surface area contributed by atoms with Gasteiger partial charge >= 0.3 is 0 Å². The Morgan fingerprint density at radius 2 is 2.05 bits per heavy atom. The molecule has 2 aromatic rings. The Hall–Kier alpha value is -1.75. The van der Waals surface area contributed by atoms with Gasteiger partial charge in [-0.25, -0.2) is 0 Å². The van der Waals surface area contributed by atoms with Crippen molar-refractivity contribution in [2.75, 3.05) is 12.9 Å². The summed E-state index contributed by atoms with van der Waals surface area (Å²) < 4.78 is 7.38. The van der Waals surface area contributed by atoms with Crippen LogP contribution in [0.3, 0.4) is 0 Å². The van der Waals surface area contributed by atoms with Gasteiger partial charge in [-0.05, 0) is 26.0 Å². The standard InChI is InChI=1S/C15H19N3OS/c1-11(2)9-10-20-15-17-16-14(18(15)3)12-7-5-6-8-13(12)19-4/h5-9H,10H2,1-4H3. The lowest BCUT2D eigenvalue weighted by atomic mass is 10.2. The van der Waals surface area contributed by atoms with Gasteiger partial charge in [-0.1, -0.05) is 35.5 Å². The molecule has 0 saturated heterocycles. The van der Waals surface area contributed by atoms with Gasteiger partial charge in [-0.15, -0.1) is 10.2 Å². The molecule has 0 bridgehead atoms. The number of rotatable bonds is 5. The largest absolute Gasteiger partial charge is 0.496 e. The molecule has 4 nitrogen and oxygen atoms in total. The van der Waals surface area contributed by atoms with E-state index in [-0.39, 0.29) is 0 Å². The van der Waals surface area contributed by atoms with Gasteiger partial charge in [0.25, 0.3) is 0 Å². The number of hydrogen-bond acceptors (Lipinski definition) is 4. The average molecular weight is 289 g/mol. The minimum atomic E-state index is 0.809. The van der Waals surface area contributed by atoms with Gasteiger partial charge in [-0.2, -0.15) is 0 Å². The summed E-state index contributed by atoms with van der Waals surface area (Å²) in [6.45, 7) is 4.19. The Balaban J connectivity index is 2.26. The van der Waals surface area contributed by atoms with Crippen LogP contribution in [0.25, 0.3) is 11.4 Å². The highest BCUT2D eigenvalue weighted by molar-refractivity contribution is 7.99. The van der Waals surface area contributed by atoms with Crippen LogP contribution < -0.4 is 4.74 Å². The normalized spacial score (nSPS) is 10.4. The first-order valence-electron chi connectivity index (χ1n) is 6.42. The van der Waals surface area contributed by atoms with Gasteiger partial charge in [0.15, 0.2) is 11.0 Å². The third-order valence-electron chi connectivity index (χ3n) is 2.89. The molecule has 0 fully saturated rings. The lowest BCUT2D eigenvalue weighted by molar-refractivity contribution is 0.416. The van der Waals surface area contributed by atoms with Crippen LogP contribution in [-0.2, 0) is 7.05 Å². The van der Waals surface area contributed by atoms with Crippen molar-refractivity contribution in [2.45, 2.75) is 19.0 Å². The third-order valence-corrected chi connectivity index (χ3v) is 3.83. The maximum atomic E-state index is 5.38. The first-order chi connectivity index (χ1) is 9.63. The summed E-state index contributed by atoms with van der Waals surface area (Å²) in [7, 11) is 3.65. The summed E-state index contributed by atoms with van der Waals surface area (Å²) in [5.41, 5.74) is 2.27. The molecular weight excluding hydrogens is 270 g/mol. The van der Waals surface area contributed by atoms with Crippen LogP contribution in [0.2, 0.25) is 0 Å². The Labute approximate surface area is 123 Å². The second-order valence-corrected chi connectivity index (χ2v) is 5.65. The van der Waals surface area contributed by atoms with Crippen molar-refractivity contribution < 1.29 is 4.74 Å². The van der Waals surface area contributed by atoms with Crippen molar-refractivity contribution in [3.63, 3.8) is 0 Å². The quantitative estimate of drug-likeness (QED) is 0.623. The monoisotopic (exact) mass is 289 g/mol. The van der Waals surface area contributed by atoms with Crippen molar-refractivity contribution in [3.8, 4) is 17.1 Å². The maximum Gasteiger partial charge on any atom is 0.191 e. The van der Waals surface area contributed by atoms with Crippen LogP contribution in [0.5, 0.6) is 5.75 Å². The first kappa shape index (κ1) is 14.7. The number of nitrogens with zero attached hydrogens (tertiary/aromatic N) is 3. The van der Waals surface area contributed by atoms with Gasteiger partial charge in [-0.3, -0.25) is 0 Å². The molecule has 0 saturated carbocycles. The highest BCUT2D eigenvalue weighted by atomic mass is 32.2. The molecule has 0 radical (unpaired) electrons. The van der Waals surface area contributed by atoms with Crippen molar-refractivity contribution in [3.05, 3.63) is 35.9 Å². The fraction of sp³-hybridized carbons (Fsp3) is 0.333. The lowest BCUT2D eigenvalue weighted by Gasteiger charge is -2.07. The number of aromatic nitrogens is 3. The molecule has 0 atom stereocenters. The number of hydrogen-bond donors (Lipinski definition) is 0. The van der Waals surface area contributed by atoms with Gasteiger partial charge in [0.2, 0.25) is 0 Å². The molecule has 106 valence electrons.